The first-order valence-electron chi connectivity index (χ1n) is 3.35. The summed E-state index contributed by atoms with van der Waals surface area (Å²) in [6, 6.07) is 0. The molecule has 0 spiro atoms. The number of alkyl carbamates (subject to hydrolysis) is 1. The first-order valence-corrected chi connectivity index (χ1v) is 4.11. The van der Waals surface area contributed by atoms with Crippen LogP contribution in [0.5, 0.6) is 0 Å². The van der Waals surface area contributed by atoms with E-state index in [2.05, 4.69) is 10.3 Å². The lowest BCUT2D eigenvalue weighted by atomic mass is 10.9. The molecule has 72 valence electrons. The Morgan fingerprint density at radius 3 is 2.92 bits per heavy atom. The minimum atomic E-state index is -0.541. The molecule has 13 heavy (non-hydrogen) atoms. The highest BCUT2D eigenvalue weighted by molar-refractivity contribution is 6.40. The number of hydrogen-bond donors (Lipinski definition) is 1. The van der Waals surface area contributed by atoms with Gasteiger partial charge in [0.1, 0.15) is 6.33 Å². The standard InChI is InChI=1S/C6H7Cl2N3O2/c1-9-6(12)13-3-11-2-10-4(7)5(11)8/h2H,3H2,1H3,(H,9,12). The first-order chi connectivity index (χ1) is 6.15. The van der Waals surface area contributed by atoms with Crippen LogP contribution in [0, 0.1) is 0 Å². The van der Waals surface area contributed by atoms with Gasteiger partial charge in [0.2, 0.25) is 0 Å². The lowest BCUT2D eigenvalue weighted by molar-refractivity contribution is 0.116. The van der Waals surface area contributed by atoms with Gasteiger partial charge >= 0.3 is 6.09 Å². The molecule has 0 aliphatic rings. The van der Waals surface area contributed by atoms with Crippen molar-refractivity contribution < 1.29 is 9.53 Å². The molecule has 0 unspecified atom stereocenters. The summed E-state index contributed by atoms with van der Waals surface area (Å²) in [6.07, 6.45) is 0.842. The molecule has 1 heterocycles. The normalized spacial score (nSPS) is 9.77. The van der Waals surface area contributed by atoms with Crippen molar-refractivity contribution in [3.8, 4) is 0 Å². The zero-order valence-electron chi connectivity index (χ0n) is 6.75. The van der Waals surface area contributed by atoms with Crippen LogP contribution >= 0.6 is 23.2 Å². The zero-order chi connectivity index (χ0) is 9.84. The van der Waals surface area contributed by atoms with Gasteiger partial charge in [0, 0.05) is 7.05 Å². The third kappa shape index (κ3) is 2.50. The largest absolute Gasteiger partial charge is 0.428 e. The average molecular weight is 224 g/mol. The maximum Gasteiger partial charge on any atom is 0.408 e. The Balaban J connectivity index is 2.55. The van der Waals surface area contributed by atoms with E-state index in [1.54, 1.807) is 0 Å². The van der Waals surface area contributed by atoms with Crippen molar-refractivity contribution in [3.05, 3.63) is 16.6 Å². The zero-order valence-corrected chi connectivity index (χ0v) is 8.26. The fourth-order valence-corrected chi connectivity index (χ4v) is 0.927. The van der Waals surface area contributed by atoms with Gasteiger partial charge < -0.3 is 10.1 Å². The highest BCUT2D eigenvalue weighted by Crippen LogP contribution is 2.19. The molecular weight excluding hydrogens is 217 g/mol. The summed E-state index contributed by atoms with van der Waals surface area (Å²) in [5.74, 6) is 0. The Bertz CT molecular complexity index is 313. The van der Waals surface area contributed by atoms with E-state index in [4.69, 9.17) is 27.9 Å². The third-order valence-corrected chi connectivity index (χ3v) is 2.04. The number of hydrogen-bond acceptors (Lipinski definition) is 3. The molecule has 0 saturated carbocycles. The van der Waals surface area contributed by atoms with E-state index >= 15 is 0 Å². The Labute approximate surface area is 84.6 Å². The number of carbonyl (C=O) groups excluding carboxylic acids is 1. The van der Waals surface area contributed by atoms with Crippen LogP contribution in [0.4, 0.5) is 4.79 Å². The molecule has 1 aromatic rings. The van der Waals surface area contributed by atoms with Crippen molar-refractivity contribution in [2.75, 3.05) is 7.05 Å². The van der Waals surface area contributed by atoms with E-state index in [1.165, 1.54) is 17.9 Å². The second-order valence-electron chi connectivity index (χ2n) is 2.11. The quantitative estimate of drug-likeness (QED) is 0.828. The molecule has 1 amide bonds. The summed E-state index contributed by atoms with van der Waals surface area (Å²) in [4.78, 5) is 14.4. The van der Waals surface area contributed by atoms with Crippen molar-refractivity contribution in [2.24, 2.45) is 0 Å². The number of carbonyl (C=O) groups is 1. The summed E-state index contributed by atoms with van der Waals surface area (Å²) in [5, 5.41) is 2.71. The molecule has 0 bridgehead atoms. The van der Waals surface area contributed by atoms with Crippen molar-refractivity contribution in [1.82, 2.24) is 14.9 Å². The van der Waals surface area contributed by atoms with Crippen molar-refractivity contribution in [1.29, 1.82) is 0 Å². The van der Waals surface area contributed by atoms with Crippen LogP contribution in [0.1, 0.15) is 0 Å². The van der Waals surface area contributed by atoms with Crippen LogP contribution in [0.25, 0.3) is 0 Å². The highest BCUT2D eigenvalue weighted by atomic mass is 35.5. The molecular formula is C6H7Cl2N3O2. The highest BCUT2D eigenvalue weighted by Gasteiger charge is 2.06. The second-order valence-corrected chi connectivity index (χ2v) is 2.82. The van der Waals surface area contributed by atoms with E-state index in [9.17, 15) is 4.79 Å². The minimum Gasteiger partial charge on any atom is -0.428 e. The Morgan fingerprint density at radius 2 is 2.46 bits per heavy atom. The van der Waals surface area contributed by atoms with Gasteiger partial charge in [-0.3, -0.25) is 4.57 Å². The van der Waals surface area contributed by atoms with Crippen LogP contribution in [-0.4, -0.2) is 22.7 Å². The first kappa shape index (κ1) is 10.1. The molecule has 0 fully saturated rings. The van der Waals surface area contributed by atoms with Crippen molar-refractivity contribution in [3.63, 3.8) is 0 Å². The molecule has 0 atom stereocenters. The lowest BCUT2D eigenvalue weighted by Gasteiger charge is -2.04. The number of ether oxygens (including phenoxy) is 1. The molecule has 0 radical (unpaired) electrons. The summed E-state index contributed by atoms with van der Waals surface area (Å²) < 4.78 is 6.10. The molecule has 5 nitrogen and oxygen atoms in total. The van der Waals surface area contributed by atoms with E-state index in [-0.39, 0.29) is 17.0 Å². The fourth-order valence-electron chi connectivity index (χ4n) is 0.633. The van der Waals surface area contributed by atoms with Gasteiger partial charge in [-0.2, -0.15) is 0 Å². The maximum absolute atomic E-state index is 10.7. The van der Waals surface area contributed by atoms with E-state index < -0.39 is 6.09 Å². The summed E-state index contributed by atoms with van der Waals surface area (Å²) in [6.45, 7) is -0.0156. The van der Waals surface area contributed by atoms with Crippen LogP contribution in [0.3, 0.4) is 0 Å². The second kappa shape index (κ2) is 4.34. The fraction of sp³-hybridized carbons (Fsp3) is 0.333. The Hall–Kier alpha value is -0.940. The summed E-state index contributed by atoms with van der Waals surface area (Å²) in [5.41, 5.74) is 0. The van der Waals surface area contributed by atoms with Gasteiger partial charge in [0.15, 0.2) is 17.0 Å². The van der Waals surface area contributed by atoms with E-state index in [0.717, 1.165) is 0 Å². The number of imidazole rings is 1. The Kier molecular flexibility index (Phi) is 3.39. The molecule has 0 aliphatic carbocycles. The average Bonchev–Trinajstić information content (AvgIpc) is 2.44. The number of halogens is 2. The van der Waals surface area contributed by atoms with E-state index in [1.807, 2.05) is 0 Å². The molecule has 1 N–H and O–H groups in total. The molecule has 0 aliphatic heterocycles. The van der Waals surface area contributed by atoms with Gasteiger partial charge in [-0.25, -0.2) is 9.78 Å². The van der Waals surface area contributed by atoms with Crippen molar-refractivity contribution >= 4 is 29.3 Å². The molecule has 7 heteroatoms. The Morgan fingerprint density at radius 1 is 1.77 bits per heavy atom. The van der Waals surface area contributed by atoms with Gasteiger partial charge in [0.25, 0.3) is 0 Å². The number of aromatic nitrogens is 2. The number of amides is 1. The SMILES string of the molecule is CNC(=O)OCn1cnc(Cl)c1Cl. The minimum absolute atomic E-state index is 0.0156. The molecule has 1 aromatic heterocycles. The number of rotatable bonds is 2. The van der Waals surface area contributed by atoms with Gasteiger partial charge in [-0.15, -0.1) is 0 Å². The third-order valence-electron chi connectivity index (χ3n) is 1.27. The molecule has 0 aromatic carbocycles. The van der Waals surface area contributed by atoms with Crippen LogP contribution < -0.4 is 5.32 Å². The smallest absolute Gasteiger partial charge is 0.408 e. The van der Waals surface area contributed by atoms with Crippen LogP contribution in [0.2, 0.25) is 10.3 Å². The van der Waals surface area contributed by atoms with E-state index in [0.29, 0.717) is 0 Å². The topological polar surface area (TPSA) is 56.1 Å². The van der Waals surface area contributed by atoms with Gasteiger partial charge in [-0.05, 0) is 0 Å². The van der Waals surface area contributed by atoms with Crippen molar-refractivity contribution in [2.45, 2.75) is 6.73 Å². The predicted molar refractivity (Wildman–Crippen MR) is 47.8 cm³/mol. The van der Waals surface area contributed by atoms with Crippen LogP contribution in [-0.2, 0) is 11.5 Å². The number of nitrogens with one attached hydrogen (secondary N) is 1. The molecule has 0 saturated heterocycles. The summed E-state index contributed by atoms with van der Waals surface area (Å²) >= 11 is 11.3. The maximum atomic E-state index is 10.7. The lowest BCUT2D eigenvalue weighted by Crippen LogP contribution is -2.20. The van der Waals surface area contributed by atoms with Gasteiger partial charge in [-0.1, -0.05) is 23.2 Å². The number of nitrogens with zero attached hydrogens (tertiary/aromatic N) is 2. The van der Waals surface area contributed by atoms with Crippen LogP contribution in [0.15, 0.2) is 6.33 Å². The summed E-state index contributed by atoms with van der Waals surface area (Å²) in [7, 11) is 1.46. The molecule has 1 rings (SSSR count). The van der Waals surface area contributed by atoms with Gasteiger partial charge in [0.05, 0.1) is 0 Å². The predicted octanol–water partition coefficient (Wildman–Crippen LogP) is 1.50. The monoisotopic (exact) mass is 223 g/mol.